The van der Waals surface area contributed by atoms with E-state index in [-0.39, 0.29) is 5.91 Å². The van der Waals surface area contributed by atoms with Gasteiger partial charge in [-0.1, -0.05) is 47.2 Å². The second kappa shape index (κ2) is 7.27. The van der Waals surface area contributed by atoms with Crippen molar-refractivity contribution in [3.05, 3.63) is 88.5 Å². The zero-order chi connectivity index (χ0) is 19.7. The molecule has 28 heavy (non-hydrogen) atoms. The number of nitrogens with one attached hydrogen (secondary N) is 1. The predicted molar refractivity (Wildman–Crippen MR) is 112 cm³/mol. The van der Waals surface area contributed by atoms with Crippen LogP contribution in [0.15, 0.2) is 60.7 Å². The molecule has 0 unspecified atom stereocenters. The Morgan fingerprint density at radius 3 is 2.57 bits per heavy atom. The highest BCUT2D eigenvalue weighted by atomic mass is 16.1. The molecule has 3 aromatic carbocycles. The maximum Gasteiger partial charge on any atom is 0.255 e. The van der Waals surface area contributed by atoms with Gasteiger partial charge in [-0.15, -0.1) is 5.10 Å². The number of fused-ring (bicyclic) bond motifs is 1. The van der Waals surface area contributed by atoms with Crippen LogP contribution in [0, 0.1) is 20.8 Å². The van der Waals surface area contributed by atoms with Crippen molar-refractivity contribution >= 4 is 22.6 Å². The Hall–Kier alpha value is -3.47. The van der Waals surface area contributed by atoms with Crippen LogP contribution in [0.4, 0.5) is 5.69 Å². The molecule has 0 saturated heterocycles. The zero-order valence-corrected chi connectivity index (χ0v) is 16.2. The van der Waals surface area contributed by atoms with Crippen LogP contribution in [-0.2, 0) is 6.54 Å². The van der Waals surface area contributed by atoms with Crippen LogP contribution < -0.4 is 5.32 Å². The van der Waals surface area contributed by atoms with Crippen molar-refractivity contribution in [3.8, 4) is 0 Å². The van der Waals surface area contributed by atoms with Crippen LogP contribution in [0.2, 0.25) is 0 Å². The van der Waals surface area contributed by atoms with Crippen molar-refractivity contribution in [2.75, 3.05) is 5.32 Å². The molecule has 0 saturated carbocycles. The van der Waals surface area contributed by atoms with Crippen molar-refractivity contribution in [3.63, 3.8) is 0 Å². The van der Waals surface area contributed by atoms with Crippen molar-refractivity contribution in [1.29, 1.82) is 0 Å². The number of aryl methyl sites for hydroxylation is 3. The lowest BCUT2D eigenvalue weighted by atomic mass is 10.1. The fourth-order valence-corrected chi connectivity index (χ4v) is 3.33. The van der Waals surface area contributed by atoms with E-state index in [1.807, 2.05) is 54.9 Å². The summed E-state index contributed by atoms with van der Waals surface area (Å²) in [6.07, 6.45) is 0. The summed E-state index contributed by atoms with van der Waals surface area (Å²) in [5.41, 5.74) is 7.63. The van der Waals surface area contributed by atoms with Crippen molar-refractivity contribution < 1.29 is 4.79 Å². The molecule has 0 aliphatic heterocycles. The van der Waals surface area contributed by atoms with E-state index in [4.69, 9.17) is 0 Å². The molecule has 1 aromatic heterocycles. The molecule has 1 amide bonds. The fraction of sp³-hybridized carbons (Fsp3) is 0.174. The average molecular weight is 370 g/mol. The van der Waals surface area contributed by atoms with Gasteiger partial charge in [0.2, 0.25) is 0 Å². The van der Waals surface area contributed by atoms with E-state index in [0.29, 0.717) is 17.6 Å². The van der Waals surface area contributed by atoms with Gasteiger partial charge in [-0.2, -0.15) is 0 Å². The van der Waals surface area contributed by atoms with Crippen LogP contribution in [-0.4, -0.2) is 20.9 Å². The highest BCUT2D eigenvalue weighted by Gasteiger charge is 2.12. The molecule has 0 atom stereocenters. The summed E-state index contributed by atoms with van der Waals surface area (Å²) in [5, 5.41) is 11.5. The molecule has 4 rings (SSSR count). The lowest BCUT2D eigenvalue weighted by Crippen LogP contribution is -2.12. The van der Waals surface area contributed by atoms with Gasteiger partial charge >= 0.3 is 0 Å². The molecule has 0 aliphatic rings. The van der Waals surface area contributed by atoms with Crippen LogP contribution >= 0.6 is 0 Å². The first-order valence-corrected chi connectivity index (χ1v) is 9.27. The minimum atomic E-state index is -0.151. The Labute approximate surface area is 164 Å². The third-order valence-electron chi connectivity index (χ3n) is 4.99. The number of rotatable bonds is 4. The Kier molecular flexibility index (Phi) is 4.65. The minimum Gasteiger partial charge on any atom is -0.322 e. The van der Waals surface area contributed by atoms with Gasteiger partial charge in [0.25, 0.3) is 5.91 Å². The molecular formula is C23H22N4O. The SMILES string of the molecule is Cc1ccc(NC(=O)c2ccc3c(c2)nnn3Cc2ccccc2C)c(C)c1. The smallest absolute Gasteiger partial charge is 0.255 e. The maximum atomic E-state index is 12.7. The van der Waals surface area contributed by atoms with E-state index in [9.17, 15) is 4.79 Å². The van der Waals surface area contributed by atoms with E-state index < -0.39 is 0 Å². The Morgan fingerprint density at radius 2 is 1.79 bits per heavy atom. The van der Waals surface area contributed by atoms with Gasteiger partial charge in [-0.3, -0.25) is 4.79 Å². The van der Waals surface area contributed by atoms with Crippen molar-refractivity contribution in [2.45, 2.75) is 27.3 Å². The topological polar surface area (TPSA) is 59.8 Å². The van der Waals surface area contributed by atoms with Crippen LogP contribution in [0.3, 0.4) is 0 Å². The van der Waals surface area contributed by atoms with Gasteiger partial charge in [0.1, 0.15) is 5.52 Å². The fourth-order valence-electron chi connectivity index (χ4n) is 3.33. The molecule has 1 heterocycles. The molecule has 5 nitrogen and oxygen atoms in total. The lowest BCUT2D eigenvalue weighted by molar-refractivity contribution is 0.102. The number of carbonyl (C=O) groups excluding carboxylic acids is 1. The highest BCUT2D eigenvalue weighted by molar-refractivity contribution is 6.06. The Balaban J connectivity index is 1.58. The number of carbonyl (C=O) groups is 1. The summed E-state index contributed by atoms with van der Waals surface area (Å²) >= 11 is 0. The van der Waals surface area contributed by atoms with Crippen LogP contribution in [0.25, 0.3) is 11.0 Å². The van der Waals surface area contributed by atoms with Gasteiger partial charge in [0, 0.05) is 11.3 Å². The number of aromatic nitrogens is 3. The summed E-state index contributed by atoms with van der Waals surface area (Å²) in [5.74, 6) is -0.151. The first kappa shape index (κ1) is 17.9. The molecule has 1 N–H and O–H groups in total. The quantitative estimate of drug-likeness (QED) is 0.568. The van der Waals surface area contributed by atoms with E-state index >= 15 is 0 Å². The second-order valence-electron chi connectivity index (χ2n) is 7.15. The van der Waals surface area contributed by atoms with Crippen LogP contribution in [0.5, 0.6) is 0 Å². The molecule has 0 aliphatic carbocycles. The molecule has 0 spiro atoms. The first-order valence-electron chi connectivity index (χ1n) is 9.27. The van der Waals surface area contributed by atoms with Gasteiger partial charge < -0.3 is 5.32 Å². The van der Waals surface area contributed by atoms with Gasteiger partial charge in [0.15, 0.2) is 0 Å². The van der Waals surface area contributed by atoms with Gasteiger partial charge in [-0.05, 0) is 61.7 Å². The van der Waals surface area contributed by atoms with Gasteiger partial charge in [-0.25, -0.2) is 4.68 Å². The Morgan fingerprint density at radius 1 is 0.964 bits per heavy atom. The maximum absolute atomic E-state index is 12.7. The molecule has 4 aromatic rings. The van der Waals surface area contributed by atoms with Crippen LogP contribution in [0.1, 0.15) is 32.6 Å². The third kappa shape index (κ3) is 3.51. The zero-order valence-electron chi connectivity index (χ0n) is 16.2. The molecule has 0 bridgehead atoms. The van der Waals surface area contributed by atoms with E-state index in [0.717, 1.165) is 16.8 Å². The molecule has 0 fully saturated rings. The number of benzene rings is 3. The third-order valence-corrected chi connectivity index (χ3v) is 4.99. The largest absolute Gasteiger partial charge is 0.322 e. The average Bonchev–Trinajstić information content (AvgIpc) is 3.08. The number of amides is 1. The van der Waals surface area contributed by atoms with Crippen molar-refractivity contribution in [2.24, 2.45) is 0 Å². The number of hydrogen-bond acceptors (Lipinski definition) is 3. The number of nitrogens with zero attached hydrogens (tertiary/aromatic N) is 3. The first-order chi connectivity index (χ1) is 13.5. The minimum absolute atomic E-state index is 0.151. The summed E-state index contributed by atoms with van der Waals surface area (Å²) in [7, 11) is 0. The van der Waals surface area contributed by atoms with E-state index in [1.54, 1.807) is 6.07 Å². The van der Waals surface area contributed by atoms with E-state index in [2.05, 4.69) is 40.8 Å². The monoisotopic (exact) mass is 370 g/mol. The van der Waals surface area contributed by atoms with Gasteiger partial charge in [0.05, 0.1) is 12.1 Å². The molecular weight excluding hydrogens is 348 g/mol. The summed E-state index contributed by atoms with van der Waals surface area (Å²) in [4.78, 5) is 12.7. The highest BCUT2D eigenvalue weighted by Crippen LogP contribution is 2.20. The number of anilines is 1. The lowest BCUT2D eigenvalue weighted by Gasteiger charge is -2.09. The standard InChI is InChI=1S/C23H22N4O/c1-15-8-10-20(17(3)12-15)24-23(28)18-9-11-22-21(13-18)25-26-27(22)14-19-7-5-4-6-16(19)2/h4-13H,14H2,1-3H3,(H,24,28). The molecule has 140 valence electrons. The summed E-state index contributed by atoms with van der Waals surface area (Å²) < 4.78 is 1.86. The predicted octanol–water partition coefficient (Wildman–Crippen LogP) is 4.66. The summed E-state index contributed by atoms with van der Waals surface area (Å²) in [6, 6.07) is 19.7. The van der Waals surface area contributed by atoms with E-state index in [1.165, 1.54) is 16.7 Å². The second-order valence-corrected chi connectivity index (χ2v) is 7.15. The molecule has 0 radical (unpaired) electrons. The normalized spacial score (nSPS) is 11.0. The van der Waals surface area contributed by atoms with Crippen molar-refractivity contribution in [1.82, 2.24) is 15.0 Å². The summed E-state index contributed by atoms with van der Waals surface area (Å²) in [6.45, 7) is 6.76. The number of hydrogen-bond donors (Lipinski definition) is 1. The molecule has 5 heteroatoms. The Bertz CT molecular complexity index is 1180.